The molecule has 0 radical (unpaired) electrons. The fourth-order valence-electron chi connectivity index (χ4n) is 6.43. The Hall–Kier alpha value is -5.35. The zero-order chi connectivity index (χ0) is 25.5. The molecule has 9 rings (SSSR count). The van der Waals surface area contributed by atoms with Crippen molar-refractivity contribution in [3.05, 3.63) is 128 Å². The van der Waals surface area contributed by atoms with Crippen molar-refractivity contribution in [1.82, 2.24) is 19.1 Å². The Bertz CT molecular complexity index is 2390. The number of rotatable bonds is 2. The predicted molar refractivity (Wildman–Crippen MR) is 162 cm³/mol. The summed E-state index contributed by atoms with van der Waals surface area (Å²) in [6.45, 7) is 0. The van der Waals surface area contributed by atoms with Gasteiger partial charge in [-0.1, -0.05) is 72.8 Å². The summed E-state index contributed by atoms with van der Waals surface area (Å²) in [7, 11) is 0. The van der Waals surface area contributed by atoms with Gasteiger partial charge in [0.2, 0.25) is 0 Å². The Labute approximate surface area is 223 Å². The first-order valence-electron chi connectivity index (χ1n) is 13.2. The molecule has 1 N–H and O–H groups in total. The second kappa shape index (κ2) is 7.59. The number of aromatic amines is 1. The molecular weight excluding hydrogens is 476 g/mol. The number of nitrogens with zero attached hydrogens (tertiary/aromatic N) is 3. The number of H-pyrrole nitrogens is 1. The SMILES string of the molecule is c1ccc(-n2c3ccccc3c3c2ncc2c4ccccc4n(-c4ccc5[nH]c6ccccc6c5c4)c23)cc1. The molecule has 39 heavy (non-hydrogen) atoms. The van der Waals surface area contributed by atoms with Crippen LogP contribution in [0.2, 0.25) is 0 Å². The molecule has 4 aromatic heterocycles. The van der Waals surface area contributed by atoms with Gasteiger partial charge < -0.3 is 9.55 Å². The van der Waals surface area contributed by atoms with Gasteiger partial charge in [-0.05, 0) is 48.5 Å². The van der Waals surface area contributed by atoms with Crippen molar-refractivity contribution in [2.75, 3.05) is 0 Å². The third kappa shape index (κ3) is 2.75. The van der Waals surface area contributed by atoms with Crippen LogP contribution in [0.3, 0.4) is 0 Å². The van der Waals surface area contributed by atoms with Crippen molar-refractivity contribution < 1.29 is 0 Å². The fraction of sp³-hybridized carbons (Fsp3) is 0. The van der Waals surface area contributed by atoms with E-state index in [4.69, 9.17) is 4.98 Å². The Morgan fingerprint density at radius 2 is 1.15 bits per heavy atom. The van der Waals surface area contributed by atoms with Gasteiger partial charge in [-0.3, -0.25) is 4.57 Å². The van der Waals surface area contributed by atoms with Gasteiger partial charge in [0.05, 0.1) is 21.9 Å². The minimum absolute atomic E-state index is 0.965. The highest BCUT2D eigenvalue weighted by Gasteiger charge is 2.21. The monoisotopic (exact) mass is 498 g/mol. The summed E-state index contributed by atoms with van der Waals surface area (Å²) >= 11 is 0. The van der Waals surface area contributed by atoms with E-state index in [9.17, 15) is 0 Å². The topological polar surface area (TPSA) is 38.5 Å². The number of para-hydroxylation sites is 4. The van der Waals surface area contributed by atoms with Gasteiger partial charge in [0.1, 0.15) is 5.65 Å². The second-order valence-electron chi connectivity index (χ2n) is 10.2. The van der Waals surface area contributed by atoms with Crippen molar-refractivity contribution in [3.63, 3.8) is 0 Å². The lowest BCUT2D eigenvalue weighted by atomic mass is 10.1. The molecule has 0 aliphatic heterocycles. The highest BCUT2D eigenvalue weighted by Crippen LogP contribution is 2.41. The lowest BCUT2D eigenvalue weighted by Crippen LogP contribution is -1.96. The molecule has 182 valence electrons. The molecular formula is C35H22N4. The molecule has 0 spiro atoms. The first-order valence-corrected chi connectivity index (χ1v) is 13.2. The molecule has 4 heteroatoms. The Balaban J connectivity index is 1.49. The van der Waals surface area contributed by atoms with Crippen LogP contribution in [0.1, 0.15) is 0 Å². The number of fused-ring (bicyclic) bond motifs is 10. The molecule has 9 aromatic rings. The van der Waals surface area contributed by atoms with E-state index >= 15 is 0 Å². The van der Waals surface area contributed by atoms with Crippen LogP contribution >= 0.6 is 0 Å². The zero-order valence-electron chi connectivity index (χ0n) is 21.0. The number of pyridine rings is 1. The van der Waals surface area contributed by atoms with E-state index in [-0.39, 0.29) is 0 Å². The molecule has 0 aliphatic carbocycles. The molecule has 4 nitrogen and oxygen atoms in total. The van der Waals surface area contributed by atoms with Crippen LogP contribution in [0.25, 0.3) is 76.9 Å². The lowest BCUT2D eigenvalue weighted by Gasteiger charge is -2.10. The average Bonchev–Trinajstić information content (AvgIpc) is 3.64. The number of hydrogen-bond acceptors (Lipinski definition) is 1. The van der Waals surface area contributed by atoms with E-state index in [0.29, 0.717) is 0 Å². The first kappa shape index (κ1) is 20.7. The fourth-order valence-corrected chi connectivity index (χ4v) is 6.43. The minimum atomic E-state index is 0.965. The minimum Gasteiger partial charge on any atom is -0.355 e. The molecule has 4 heterocycles. The maximum absolute atomic E-state index is 5.11. The molecule has 0 bridgehead atoms. The number of nitrogens with one attached hydrogen (secondary N) is 1. The standard InChI is InChI=1S/C35H22N4/c1-2-10-22(11-3-1)39-32-17-9-6-14-26(32)33-34-28(21-36-35(33)39)25-13-5-8-16-31(25)38(34)23-18-19-30-27(20-23)24-12-4-7-15-29(24)37-30/h1-21,37H. The Morgan fingerprint density at radius 3 is 2.00 bits per heavy atom. The smallest absolute Gasteiger partial charge is 0.147 e. The van der Waals surface area contributed by atoms with Crippen molar-refractivity contribution in [3.8, 4) is 11.4 Å². The van der Waals surface area contributed by atoms with Gasteiger partial charge in [-0.25, -0.2) is 4.98 Å². The second-order valence-corrected chi connectivity index (χ2v) is 10.2. The summed E-state index contributed by atoms with van der Waals surface area (Å²) in [6, 6.07) is 43.1. The molecule has 0 saturated heterocycles. The maximum atomic E-state index is 5.11. The summed E-state index contributed by atoms with van der Waals surface area (Å²) in [5.41, 5.74) is 9.04. The van der Waals surface area contributed by atoms with Gasteiger partial charge in [0.15, 0.2) is 0 Å². The lowest BCUT2D eigenvalue weighted by molar-refractivity contribution is 1.14. The summed E-state index contributed by atoms with van der Waals surface area (Å²) in [4.78, 5) is 8.68. The number of aromatic nitrogens is 4. The van der Waals surface area contributed by atoms with Gasteiger partial charge in [0.25, 0.3) is 0 Å². The molecule has 5 aromatic carbocycles. The molecule has 0 amide bonds. The van der Waals surface area contributed by atoms with Gasteiger partial charge in [0, 0.05) is 55.5 Å². The molecule has 0 saturated carbocycles. The van der Waals surface area contributed by atoms with E-state index in [2.05, 4.69) is 142 Å². The highest BCUT2D eigenvalue weighted by atomic mass is 15.1. The van der Waals surface area contributed by atoms with Crippen molar-refractivity contribution in [2.45, 2.75) is 0 Å². The third-order valence-electron chi connectivity index (χ3n) is 8.08. The molecule has 0 unspecified atom stereocenters. The van der Waals surface area contributed by atoms with Crippen molar-refractivity contribution >= 4 is 65.5 Å². The van der Waals surface area contributed by atoms with Gasteiger partial charge in [-0.15, -0.1) is 0 Å². The Morgan fingerprint density at radius 1 is 0.487 bits per heavy atom. The molecule has 0 atom stereocenters. The maximum Gasteiger partial charge on any atom is 0.147 e. The quantitative estimate of drug-likeness (QED) is 0.254. The van der Waals surface area contributed by atoms with E-state index in [1.165, 1.54) is 38.0 Å². The summed E-state index contributed by atoms with van der Waals surface area (Å²) < 4.78 is 4.71. The van der Waals surface area contributed by atoms with Crippen molar-refractivity contribution in [1.29, 1.82) is 0 Å². The first-order chi connectivity index (χ1) is 19.4. The zero-order valence-corrected chi connectivity index (χ0v) is 21.0. The predicted octanol–water partition coefficient (Wildman–Crippen LogP) is 8.91. The van der Waals surface area contributed by atoms with Crippen LogP contribution in [-0.2, 0) is 0 Å². The van der Waals surface area contributed by atoms with Crippen LogP contribution in [0, 0.1) is 0 Å². The average molecular weight is 499 g/mol. The van der Waals surface area contributed by atoms with Crippen LogP contribution in [0.4, 0.5) is 0 Å². The number of hydrogen-bond donors (Lipinski definition) is 1. The van der Waals surface area contributed by atoms with E-state index in [0.717, 1.165) is 39.0 Å². The molecule has 0 fully saturated rings. The summed E-state index contributed by atoms with van der Waals surface area (Å²) in [5, 5.41) is 7.20. The third-order valence-corrected chi connectivity index (χ3v) is 8.08. The van der Waals surface area contributed by atoms with Crippen LogP contribution in [-0.4, -0.2) is 19.1 Å². The Kier molecular flexibility index (Phi) is 4.02. The van der Waals surface area contributed by atoms with E-state index in [1.807, 2.05) is 0 Å². The normalized spacial score (nSPS) is 12.1. The summed E-state index contributed by atoms with van der Waals surface area (Å²) in [5.74, 6) is 0. The highest BCUT2D eigenvalue weighted by molar-refractivity contribution is 6.25. The van der Waals surface area contributed by atoms with Crippen molar-refractivity contribution in [2.24, 2.45) is 0 Å². The van der Waals surface area contributed by atoms with Gasteiger partial charge in [-0.2, -0.15) is 0 Å². The number of benzene rings is 5. The molecule has 0 aliphatic rings. The van der Waals surface area contributed by atoms with Gasteiger partial charge >= 0.3 is 0 Å². The largest absolute Gasteiger partial charge is 0.355 e. The van der Waals surface area contributed by atoms with E-state index in [1.54, 1.807) is 0 Å². The van der Waals surface area contributed by atoms with Crippen LogP contribution in [0.5, 0.6) is 0 Å². The van der Waals surface area contributed by atoms with Crippen LogP contribution < -0.4 is 0 Å². The van der Waals surface area contributed by atoms with Crippen LogP contribution in [0.15, 0.2) is 128 Å². The van der Waals surface area contributed by atoms with E-state index < -0.39 is 0 Å². The summed E-state index contributed by atoms with van der Waals surface area (Å²) in [6.07, 6.45) is 2.05.